The lowest BCUT2D eigenvalue weighted by molar-refractivity contribution is 0.206. The molecular formula is C26H30N2O4S. The summed E-state index contributed by atoms with van der Waals surface area (Å²) in [5, 5.41) is 9.83. The number of phenols is 1. The molecule has 1 fully saturated rings. The second kappa shape index (κ2) is 9.85. The summed E-state index contributed by atoms with van der Waals surface area (Å²) in [6, 6.07) is 21.6. The Morgan fingerprint density at radius 3 is 2.30 bits per heavy atom. The van der Waals surface area contributed by atoms with Crippen molar-refractivity contribution in [2.45, 2.75) is 37.2 Å². The molecule has 1 aliphatic rings. The Morgan fingerprint density at radius 2 is 1.67 bits per heavy atom. The number of piperidine rings is 1. The summed E-state index contributed by atoms with van der Waals surface area (Å²) >= 11 is 0. The van der Waals surface area contributed by atoms with Gasteiger partial charge in [0.2, 0.25) is 0 Å². The van der Waals surface area contributed by atoms with E-state index in [9.17, 15) is 13.5 Å². The minimum Gasteiger partial charge on any atom is -0.504 e. The summed E-state index contributed by atoms with van der Waals surface area (Å²) in [4.78, 5) is 2.62. The Bertz CT molecular complexity index is 1170. The van der Waals surface area contributed by atoms with Crippen molar-refractivity contribution in [1.29, 1.82) is 0 Å². The molecule has 7 heteroatoms. The largest absolute Gasteiger partial charge is 0.504 e. The number of aromatic hydroxyl groups is 1. The van der Waals surface area contributed by atoms with Crippen LogP contribution in [0.3, 0.4) is 0 Å². The van der Waals surface area contributed by atoms with Crippen LogP contribution in [0.25, 0.3) is 0 Å². The zero-order chi connectivity index (χ0) is 23.4. The van der Waals surface area contributed by atoms with E-state index in [0.717, 1.165) is 43.6 Å². The maximum absolute atomic E-state index is 13.7. The van der Waals surface area contributed by atoms with Crippen molar-refractivity contribution in [3.8, 4) is 11.5 Å². The number of likely N-dealkylation sites (tertiary alicyclic amines) is 1. The molecule has 174 valence electrons. The van der Waals surface area contributed by atoms with Crippen molar-refractivity contribution in [2.24, 2.45) is 0 Å². The lowest BCUT2D eigenvalue weighted by atomic mass is 10.0. The van der Waals surface area contributed by atoms with Crippen LogP contribution in [0.2, 0.25) is 0 Å². The molecule has 0 radical (unpaired) electrons. The number of methoxy groups -OCH3 is 1. The number of benzene rings is 3. The van der Waals surface area contributed by atoms with Crippen molar-refractivity contribution >= 4 is 15.7 Å². The Balaban J connectivity index is 1.54. The molecule has 1 N–H and O–H groups in total. The van der Waals surface area contributed by atoms with Crippen LogP contribution in [0.5, 0.6) is 11.5 Å². The second-order valence-electron chi connectivity index (χ2n) is 8.46. The molecule has 0 spiro atoms. The quantitative estimate of drug-likeness (QED) is 0.552. The molecule has 1 heterocycles. The van der Waals surface area contributed by atoms with Crippen LogP contribution >= 0.6 is 0 Å². The van der Waals surface area contributed by atoms with E-state index in [1.54, 1.807) is 34.6 Å². The maximum atomic E-state index is 13.7. The zero-order valence-electron chi connectivity index (χ0n) is 19.0. The number of ether oxygens (including phenoxy) is 1. The summed E-state index contributed by atoms with van der Waals surface area (Å²) < 4.78 is 34.2. The highest BCUT2D eigenvalue weighted by atomic mass is 32.2. The van der Waals surface area contributed by atoms with Crippen LogP contribution in [0, 0.1) is 6.92 Å². The molecule has 0 aromatic heterocycles. The molecule has 0 aliphatic carbocycles. The summed E-state index contributed by atoms with van der Waals surface area (Å²) in [5.41, 5.74) is 2.84. The topological polar surface area (TPSA) is 70.1 Å². The van der Waals surface area contributed by atoms with E-state index >= 15 is 0 Å². The third kappa shape index (κ3) is 5.15. The monoisotopic (exact) mass is 466 g/mol. The standard InChI is InChI=1S/C26H30N2O4S/c1-20-8-11-22(12-9-20)28(33(30,31)24-6-4-3-5-7-24)23-14-16-27(17-15-23)19-21-10-13-25(29)26(18-21)32-2/h3-13,18,23,29H,14-17,19H2,1-2H3. The molecule has 0 saturated carbocycles. The van der Waals surface area contributed by atoms with E-state index in [1.165, 1.54) is 7.11 Å². The molecule has 1 aliphatic heterocycles. The highest BCUT2D eigenvalue weighted by molar-refractivity contribution is 7.92. The molecule has 0 amide bonds. The molecule has 1 saturated heterocycles. The number of anilines is 1. The van der Waals surface area contributed by atoms with Crippen LogP contribution < -0.4 is 9.04 Å². The molecule has 0 atom stereocenters. The first kappa shape index (κ1) is 23.1. The van der Waals surface area contributed by atoms with E-state index in [1.807, 2.05) is 49.4 Å². The van der Waals surface area contributed by atoms with Crippen LogP contribution in [0.1, 0.15) is 24.0 Å². The van der Waals surface area contributed by atoms with Crippen LogP contribution in [-0.4, -0.2) is 44.7 Å². The van der Waals surface area contributed by atoms with Crippen molar-refractivity contribution < 1.29 is 18.3 Å². The lowest BCUT2D eigenvalue weighted by Crippen LogP contribution is -2.47. The van der Waals surface area contributed by atoms with Gasteiger partial charge in [0.05, 0.1) is 17.7 Å². The van der Waals surface area contributed by atoms with E-state index in [0.29, 0.717) is 16.3 Å². The molecular weight excluding hydrogens is 436 g/mol. The van der Waals surface area contributed by atoms with Gasteiger partial charge in [-0.3, -0.25) is 9.21 Å². The fourth-order valence-corrected chi connectivity index (χ4v) is 6.06. The van der Waals surface area contributed by atoms with E-state index in [-0.39, 0.29) is 11.8 Å². The Labute approximate surface area is 196 Å². The van der Waals surface area contributed by atoms with Gasteiger partial charge in [0.25, 0.3) is 10.0 Å². The van der Waals surface area contributed by atoms with Gasteiger partial charge in [-0.05, 0) is 61.7 Å². The third-order valence-corrected chi connectivity index (χ3v) is 8.02. The van der Waals surface area contributed by atoms with E-state index < -0.39 is 10.0 Å². The van der Waals surface area contributed by atoms with Crippen LogP contribution in [0.15, 0.2) is 77.7 Å². The highest BCUT2D eigenvalue weighted by Crippen LogP contribution is 2.32. The average molecular weight is 467 g/mol. The van der Waals surface area contributed by atoms with E-state index in [4.69, 9.17) is 4.74 Å². The summed E-state index contributed by atoms with van der Waals surface area (Å²) in [5.74, 6) is 0.585. The van der Waals surface area contributed by atoms with Crippen LogP contribution in [-0.2, 0) is 16.6 Å². The first-order chi connectivity index (χ1) is 15.9. The smallest absolute Gasteiger partial charge is 0.264 e. The average Bonchev–Trinajstić information content (AvgIpc) is 2.83. The Hall–Kier alpha value is -3.03. The number of hydrogen-bond acceptors (Lipinski definition) is 5. The predicted octanol–water partition coefficient (Wildman–Crippen LogP) is 4.57. The molecule has 6 nitrogen and oxygen atoms in total. The van der Waals surface area contributed by atoms with Crippen LogP contribution in [0.4, 0.5) is 5.69 Å². The molecule has 0 bridgehead atoms. The molecule has 0 unspecified atom stereocenters. The summed E-state index contributed by atoms with van der Waals surface area (Å²) in [7, 11) is -2.15. The maximum Gasteiger partial charge on any atom is 0.264 e. The van der Waals surface area contributed by atoms with Gasteiger partial charge in [-0.25, -0.2) is 8.42 Å². The predicted molar refractivity (Wildman–Crippen MR) is 130 cm³/mol. The van der Waals surface area contributed by atoms with Gasteiger partial charge in [0.15, 0.2) is 11.5 Å². The molecule has 4 rings (SSSR count). The van der Waals surface area contributed by atoms with Crippen molar-refractivity contribution in [2.75, 3.05) is 24.5 Å². The minimum absolute atomic E-state index is 0.122. The molecule has 3 aromatic rings. The lowest BCUT2D eigenvalue weighted by Gasteiger charge is -2.39. The van der Waals surface area contributed by atoms with Gasteiger partial charge in [-0.15, -0.1) is 0 Å². The fourth-order valence-electron chi connectivity index (χ4n) is 4.33. The third-order valence-electron chi connectivity index (χ3n) is 6.13. The number of rotatable bonds is 7. The van der Waals surface area contributed by atoms with Gasteiger partial charge < -0.3 is 9.84 Å². The molecule has 33 heavy (non-hydrogen) atoms. The molecule has 3 aromatic carbocycles. The fraction of sp³-hybridized carbons (Fsp3) is 0.308. The highest BCUT2D eigenvalue weighted by Gasteiger charge is 2.34. The Morgan fingerprint density at radius 1 is 1.00 bits per heavy atom. The second-order valence-corrected chi connectivity index (χ2v) is 10.3. The number of phenolic OH excluding ortho intramolecular Hbond substituents is 1. The number of nitrogens with zero attached hydrogens (tertiary/aromatic N) is 2. The number of aryl methyl sites for hydroxylation is 1. The van der Waals surface area contributed by atoms with Gasteiger partial charge in [-0.2, -0.15) is 0 Å². The normalized spacial score (nSPS) is 15.3. The van der Waals surface area contributed by atoms with Gasteiger partial charge in [0.1, 0.15) is 0 Å². The van der Waals surface area contributed by atoms with Crippen molar-refractivity contribution in [3.63, 3.8) is 0 Å². The van der Waals surface area contributed by atoms with Gasteiger partial charge in [-0.1, -0.05) is 42.0 Å². The minimum atomic E-state index is -3.69. The van der Waals surface area contributed by atoms with Gasteiger partial charge >= 0.3 is 0 Å². The van der Waals surface area contributed by atoms with Gasteiger partial charge in [0, 0.05) is 25.7 Å². The zero-order valence-corrected chi connectivity index (χ0v) is 19.8. The number of hydrogen-bond donors (Lipinski definition) is 1. The summed E-state index contributed by atoms with van der Waals surface area (Å²) in [6.07, 6.45) is 1.46. The van der Waals surface area contributed by atoms with E-state index in [2.05, 4.69) is 4.90 Å². The summed E-state index contributed by atoms with van der Waals surface area (Å²) in [6.45, 7) is 4.27. The van der Waals surface area contributed by atoms with Crippen molar-refractivity contribution in [3.05, 3.63) is 83.9 Å². The first-order valence-electron chi connectivity index (χ1n) is 11.1. The first-order valence-corrected chi connectivity index (χ1v) is 12.6. The SMILES string of the molecule is COc1cc(CN2CCC(N(c3ccc(C)cc3)S(=O)(=O)c3ccccc3)CC2)ccc1O. The van der Waals surface area contributed by atoms with Crippen molar-refractivity contribution in [1.82, 2.24) is 4.90 Å². The number of sulfonamides is 1. The Kier molecular flexibility index (Phi) is 6.91.